The zero-order chi connectivity index (χ0) is 23.5. The fraction of sp³-hybridized carbons (Fsp3) is 0.136. The lowest BCUT2D eigenvalue weighted by atomic mass is 9.59. The van der Waals surface area contributed by atoms with Gasteiger partial charge >= 0.3 is 6.55 Å². The van der Waals surface area contributed by atoms with E-state index in [-0.39, 0.29) is 29.1 Å². The summed E-state index contributed by atoms with van der Waals surface area (Å²) in [5.74, 6) is -2.03. The van der Waals surface area contributed by atoms with Gasteiger partial charge in [0.15, 0.2) is 0 Å². The van der Waals surface area contributed by atoms with E-state index in [9.17, 15) is 13.6 Å². The molecule has 2 aromatic carbocycles. The van der Waals surface area contributed by atoms with Crippen LogP contribution in [0.5, 0.6) is 0 Å². The summed E-state index contributed by atoms with van der Waals surface area (Å²) in [6.07, 6.45) is 2.82. The quantitative estimate of drug-likeness (QED) is 0.355. The van der Waals surface area contributed by atoms with E-state index in [1.807, 2.05) is 0 Å². The van der Waals surface area contributed by atoms with Gasteiger partial charge in [0.05, 0.1) is 29.5 Å². The zero-order valence-corrected chi connectivity index (χ0v) is 17.7. The van der Waals surface area contributed by atoms with E-state index in [4.69, 9.17) is 0 Å². The number of pyridine rings is 1. The van der Waals surface area contributed by atoms with Crippen LogP contribution in [-0.2, 0) is 11.9 Å². The molecule has 0 saturated heterocycles. The number of amides is 1. The SMILES string of the molecule is BC1(B)c2ncccc2C(=O)N1Cc1c(F)cc(-c2cccc3c2cnn3C(F)F)cc1F. The maximum Gasteiger partial charge on any atom is 0.333 e. The van der Waals surface area contributed by atoms with Crippen LogP contribution in [0.25, 0.3) is 22.0 Å². The highest BCUT2D eigenvalue weighted by atomic mass is 19.3. The minimum atomic E-state index is -2.84. The average Bonchev–Trinajstić information content (AvgIpc) is 3.29. The van der Waals surface area contributed by atoms with Crippen LogP contribution in [0, 0.1) is 11.6 Å². The molecule has 1 aliphatic heterocycles. The molecule has 5 nitrogen and oxygen atoms in total. The van der Waals surface area contributed by atoms with Crippen molar-refractivity contribution >= 4 is 32.5 Å². The molecule has 0 atom stereocenters. The van der Waals surface area contributed by atoms with Gasteiger partial charge in [0.25, 0.3) is 5.91 Å². The number of alkyl halides is 2. The highest BCUT2D eigenvalue weighted by Crippen LogP contribution is 2.36. The van der Waals surface area contributed by atoms with Crippen molar-refractivity contribution in [2.24, 2.45) is 0 Å². The molecule has 0 unspecified atom stereocenters. The lowest BCUT2D eigenvalue weighted by Gasteiger charge is -2.32. The minimum Gasteiger partial charge on any atom is -0.339 e. The first-order valence-corrected chi connectivity index (χ1v) is 10.2. The van der Waals surface area contributed by atoms with Crippen molar-refractivity contribution in [1.29, 1.82) is 0 Å². The number of carbonyl (C=O) groups excluding carboxylic acids is 1. The third-order valence-electron chi connectivity index (χ3n) is 6.13. The van der Waals surface area contributed by atoms with E-state index in [1.165, 1.54) is 23.2 Å². The van der Waals surface area contributed by atoms with E-state index < -0.39 is 23.5 Å². The summed E-state index contributed by atoms with van der Waals surface area (Å²) < 4.78 is 57.2. The molecule has 0 radical (unpaired) electrons. The highest BCUT2D eigenvalue weighted by molar-refractivity contribution is 6.42. The number of aromatic nitrogens is 3. The van der Waals surface area contributed by atoms with E-state index in [2.05, 4.69) is 10.1 Å². The molecule has 5 rings (SSSR count). The molecular formula is C22H16B2F4N4O. The number of hydrogen-bond donors (Lipinski definition) is 0. The van der Waals surface area contributed by atoms with Crippen LogP contribution in [0.1, 0.15) is 28.2 Å². The van der Waals surface area contributed by atoms with Crippen LogP contribution < -0.4 is 0 Å². The first kappa shape index (κ1) is 21.2. The molecule has 0 spiro atoms. The van der Waals surface area contributed by atoms with Crippen molar-refractivity contribution in [2.75, 3.05) is 0 Å². The second-order valence-corrected chi connectivity index (χ2v) is 8.37. The summed E-state index contributed by atoms with van der Waals surface area (Å²) in [5.41, 5.74) is 1.41. The summed E-state index contributed by atoms with van der Waals surface area (Å²) in [4.78, 5) is 18.6. The molecule has 0 bridgehead atoms. The summed E-state index contributed by atoms with van der Waals surface area (Å²) in [6, 6.07) is 10.1. The number of benzene rings is 2. The lowest BCUT2D eigenvalue weighted by Crippen LogP contribution is -2.45. The van der Waals surface area contributed by atoms with Crippen LogP contribution in [0.3, 0.4) is 0 Å². The lowest BCUT2D eigenvalue weighted by molar-refractivity contribution is 0.0615. The van der Waals surface area contributed by atoms with Crippen LogP contribution in [-0.4, -0.2) is 41.3 Å². The monoisotopic (exact) mass is 450 g/mol. The molecule has 33 heavy (non-hydrogen) atoms. The summed E-state index contributed by atoms with van der Waals surface area (Å²) in [6.45, 7) is -3.12. The third kappa shape index (κ3) is 3.21. The summed E-state index contributed by atoms with van der Waals surface area (Å²) in [7, 11) is 3.55. The normalized spacial score (nSPS) is 14.9. The van der Waals surface area contributed by atoms with Crippen molar-refractivity contribution < 1.29 is 22.4 Å². The number of carbonyl (C=O) groups is 1. The van der Waals surface area contributed by atoms with Crippen LogP contribution in [0.2, 0.25) is 0 Å². The van der Waals surface area contributed by atoms with Gasteiger partial charge in [-0.2, -0.15) is 13.9 Å². The maximum absolute atomic E-state index is 15.2. The number of nitrogens with zero attached hydrogens (tertiary/aromatic N) is 4. The molecule has 1 amide bonds. The standard InChI is InChI=1S/C22H16B2F4N4O/c23-22(24)19-13(4-2-6-29-19)20(33)31(22)10-15-16(25)7-11(8-17(15)26)12-3-1-5-18-14(12)9-30-32(18)21(27)28/h1-9,21H,10,23-24H2. The van der Waals surface area contributed by atoms with Crippen molar-refractivity contribution in [3.63, 3.8) is 0 Å². The van der Waals surface area contributed by atoms with Gasteiger partial charge in [-0.05, 0) is 41.5 Å². The Morgan fingerprint density at radius 1 is 1.03 bits per heavy atom. The molecule has 4 aromatic rings. The van der Waals surface area contributed by atoms with Gasteiger partial charge in [0.1, 0.15) is 27.3 Å². The average molecular weight is 450 g/mol. The van der Waals surface area contributed by atoms with Gasteiger partial charge in [-0.1, -0.05) is 12.1 Å². The van der Waals surface area contributed by atoms with Gasteiger partial charge < -0.3 is 4.90 Å². The predicted octanol–water partition coefficient (Wildman–Crippen LogP) is 2.80. The molecule has 2 aromatic heterocycles. The van der Waals surface area contributed by atoms with Crippen LogP contribution in [0.4, 0.5) is 17.6 Å². The number of rotatable bonds is 4. The Morgan fingerprint density at radius 2 is 1.73 bits per heavy atom. The first-order chi connectivity index (χ1) is 15.7. The largest absolute Gasteiger partial charge is 0.339 e. The molecule has 11 heteroatoms. The van der Waals surface area contributed by atoms with Gasteiger partial charge in [-0.3, -0.25) is 9.78 Å². The van der Waals surface area contributed by atoms with Crippen molar-refractivity contribution in [1.82, 2.24) is 19.7 Å². The molecule has 3 heterocycles. The van der Waals surface area contributed by atoms with E-state index >= 15 is 8.78 Å². The van der Waals surface area contributed by atoms with Crippen molar-refractivity contribution in [3.05, 3.63) is 83.3 Å². The second kappa shape index (κ2) is 7.47. The minimum absolute atomic E-state index is 0.155. The molecule has 0 aliphatic carbocycles. The summed E-state index contributed by atoms with van der Waals surface area (Å²) in [5, 5.41) is 3.19. The fourth-order valence-corrected chi connectivity index (χ4v) is 4.41. The second-order valence-electron chi connectivity index (χ2n) is 8.37. The van der Waals surface area contributed by atoms with E-state index in [0.717, 1.165) is 12.1 Å². The Kier molecular flexibility index (Phi) is 4.81. The fourth-order valence-electron chi connectivity index (χ4n) is 4.41. The Labute approximate surface area is 187 Å². The maximum atomic E-state index is 15.2. The van der Waals surface area contributed by atoms with Crippen molar-refractivity contribution in [3.8, 4) is 11.1 Å². The molecule has 0 N–H and O–H groups in total. The molecule has 164 valence electrons. The van der Waals surface area contributed by atoms with E-state index in [0.29, 0.717) is 26.9 Å². The summed E-state index contributed by atoms with van der Waals surface area (Å²) >= 11 is 0. The molecular weight excluding hydrogens is 434 g/mol. The Morgan fingerprint density at radius 3 is 2.39 bits per heavy atom. The smallest absolute Gasteiger partial charge is 0.333 e. The van der Waals surface area contributed by atoms with Crippen molar-refractivity contribution in [2.45, 2.75) is 18.4 Å². The molecule has 0 saturated carbocycles. The molecule has 0 fully saturated rings. The highest BCUT2D eigenvalue weighted by Gasteiger charge is 2.44. The van der Waals surface area contributed by atoms with Crippen LogP contribution in [0.15, 0.2) is 54.9 Å². The third-order valence-corrected chi connectivity index (χ3v) is 6.13. The first-order valence-electron chi connectivity index (χ1n) is 10.2. The van der Waals surface area contributed by atoms with E-state index in [1.54, 1.807) is 40.1 Å². The van der Waals surface area contributed by atoms with Gasteiger partial charge in [-0.25, -0.2) is 13.5 Å². The Balaban J connectivity index is 1.54. The number of hydrogen-bond acceptors (Lipinski definition) is 3. The molecule has 1 aliphatic rings. The van der Waals surface area contributed by atoms with Gasteiger partial charge in [0.2, 0.25) is 0 Å². The topological polar surface area (TPSA) is 51.0 Å². The van der Waals surface area contributed by atoms with Crippen LogP contribution >= 0.6 is 0 Å². The van der Waals surface area contributed by atoms with Gasteiger partial charge in [-0.15, -0.1) is 0 Å². The Bertz CT molecular complexity index is 1400. The van der Waals surface area contributed by atoms with Gasteiger partial charge in [0, 0.05) is 22.5 Å². The number of halogens is 4. The zero-order valence-electron chi connectivity index (χ0n) is 17.7. The number of fused-ring (bicyclic) bond motifs is 2. The predicted molar refractivity (Wildman–Crippen MR) is 119 cm³/mol. The Hall–Kier alpha value is -3.62.